The van der Waals surface area contributed by atoms with Crippen LogP contribution in [0.15, 0.2) is 47.8 Å². The zero-order valence-electron chi connectivity index (χ0n) is 11.8. The third-order valence-corrected chi connectivity index (χ3v) is 3.96. The van der Waals surface area contributed by atoms with Gasteiger partial charge in [-0.05, 0) is 43.8 Å². The lowest BCUT2D eigenvalue weighted by Gasteiger charge is -2.19. The zero-order valence-corrected chi connectivity index (χ0v) is 12.6. The zero-order chi connectivity index (χ0) is 14.4. The topological polar surface area (TPSA) is 41.1 Å². The molecule has 2 aromatic rings. The number of carbonyl (C=O) groups is 1. The van der Waals surface area contributed by atoms with Gasteiger partial charge in [0.25, 0.3) is 0 Å². The lowest BCUT2D eigenvalue weighted by Crippen LogP contribution is -2.43. The number of para-hydroxylation sites is 1. The average molecular weight is 288 g/mol. The molecule has 1 aromatic carbocycles. The van der Waals surface area contributed by atoms with E-state index in [1.54, 1.807) is 11.3 Å². The second kappa shape index (κ2) is 7.22. The Kier molecular flexibility index (Phi) is 5.32. The normalized spacial score (nSPS) is 13.7. The first-order valence-corrected chi connectivity index (χ1v) is 7.67. The summed E-state index contributed by atoms with van der Waals surface area (Å²) in [6.07, 6.45) is 0.945. The van der Waals surface area contributed by atoms with Gasteiger partial charge in [-0.15, -0.1) is 11.3 Å². The van der Waals surface area contributed by atoms with E-state index in [1.165, 1.54) is 4.88 Å². The monoisotopic (exact) mass is 288 g/mol. The summed E-state index contributed by atoms with van der Waals surface area (Å²) in [5.74, 6) is -0.00534. The van der Waals surface area contributed by atoms with Crippen LogP contribution in [0.4, 0.5) is 5.69 Å². The van der Waals surface area contributed by atoms with Gasteiger partial charge in [-0.3, -0.25) is 4.79 Å². The van der Waals surface area contributed by atoms with E-state index in [0.717, 1.165) is 12.1 Å². The van der Waals surface area contributed by atoms with Crippen LogP contribution < -0.4 is 10.6 Å². The molecule has 3 nitrogen and oxygen atoms in total. The molecule has 0 saturated carbocycles. The first-order chi connectivity index (χ1) is 9.65. The highest BCUT2D eigenvalue weighted by Crippen LogP contribution is 2.11. The molecule has 0 aliphatic heterocycles. The second-order valence-electron chi connectivity index (χ2n) is 4.93. The van der Waals surface area contributed by atoms with Gasteiger partial charge in [-0.25, -0.2) is 0 Å². The van der Waals surface area contributed by atoms with Gasteiger partial charge < -0.3 is 10.6 Å². The summed E-state index contributed by atoms with van der Waals surface area (Å²) in [5, 5.41) is 8.32. The van der Waals surface area contributed by atoms with Gasteiger partial charge in [-0.2, -0.15) is 0 Å². The number of thiophene rings is 1. The van der Waals surface area contributed by atoms with E-state index in [0.29, 0.717) is 0 Å². The van der Waals surface area contributed by atoms with Crippen LogP contribution in [0, 0.1) is 0 Å². The fraction of sp³-hybridized carbons (Fsp3) is 0.312. The van der Waals surface area contributed by atoms with E-state index in [-0.39, 0.29) is 18.0 Å². The maximum Gasteiger partial charge on any atom is 0.241 e. The van der Waals surface area contributed by atoms with Crippen LogP contribution in [0.5, 0.6) is 0 Å². The molecule has 0 fully saturated rings. The number of rotatable bonds is 6. The average Bonchev–Trinajstić information content (AvgIpc) is 2.92. The summed E-state index contributed by atoms with van der Waals surface area (Å²) in [7, 11) is 0. The number of hydrogen-bond donors (Lipinski definition) is 2. The lowest BCUT2D eigenvalue weighted by molar-refractivity contribution is -0.117. The third kappa shape index (κ3) is 4.47. The Balaban J connectivity index is 1.81. The maximum absolute atomic E-state index is 12.1. The van der Waals surface area contributed by atoms with Crippen molar-refractivity contribution in [1.29, 1.82) is 0 Å². The molecule has 0 aliphatic rings. The number of carbonyl (C=O) groups excluding carboxylic acids is 1. The summed E-state index contributed by atoms with van der Waals surface area (Å²) >= 11 is 1.75. The lowest BCUT2D eigenvalue weighted by atomic mass is 10.1. The Morgan fingerprint density at radius 2 is 1.90 bits per heavy atom. The minimum atomic E-state index is -0.217. The van der Waals surface area contributed by atoms with Crippen molar-refractivity contribution < 1.29 is 4.79 Å². The van der Waals surface area contributed by atoms with Gasteiger partial charge in [0.05, 0.1) is 6.04 Å². The van der Waals surface area contributed by atoms with Gasteiger partial charge in [-0.1, -0.05) is 24.3 Å². The molecule has 106 valence electrons. The molecule has 0 radical (unpaired) electrons. The minimum absolute atomic E-state index is 0.00534. The highest BCUT2D eigenvalue weighted by atomic mass is 32.1. The predicted molar refractivity (Wildman–Crippen MR) is 85.2 cm³/mol. The summed E-state index contributed by atoms with van der Waals surface area (Å²) in [4.78, 5) is 13.4. The molecule has 20 heavy (non-hydrogen) atoms. The van der Waals surface area contributed by atoms with Gasteiger partial charge in [0.2, 0.25) is 5.91 Å². The van der Waals surface area contributed by atoms with Crippen LogP contribution in [0.2, 0.25) is 0 Å². The van der Waals surface area contributed by atoms with Crippen LogP contribution in [0.3, 0.4) is 0 Å². The number of hydrogen-bond acceptors (Lipinski definition) is 3. The second-order valence-corrected chi connectivity index (χ2v) is 5.96. The number of benzene rings is 1. The predicted octanol–water partition coefficient (Wildman–Crippen LogP) is 3.30. The van der Waals surface area contributed by atoms with Crippen LogP contribution in [0.25, 0.3) is 0 Å². The van der Waals surface area contributed by atoms with Gasteiger partial charge in [0.15, 0.2) is 0 Å². The van der Waals surface area contributed by atoms with Crippen molar-refractivity contribution in [3.8, 4) is 0 Å². The minimum Gasteiger partial charge on any atom is -0.325 e. The molecule has 0 spiro atoms. The van der Waals surface area contributed by atoms with Crippen molar-refractivity contribution in [2.45, 2.75) is 32.4 Å². The maximum atomic E-state index is 12.1. The van der Waals surface area contributed by atoms with E-state index >= 15 is 0 Å². The van der Waals surface area contributed by atoms with E-state index in [4.69, 9.17) is 0 Å². The molecular weight excluding hydrogens is 268 g/mol. The van der Waals surface area contributed by atoms with Gasteiger partial charge in [0.1, 0.15) is 0 Å². The van der Waals surface area contributed by atoms with Gasteiger partial charge >= 0.3 is 0 Å². The Morgan fingerprint density at radius 3 is 2.55 bits per heavy atom. The Hall–Kier alpha value is -1.65. The van der Waals surface area contributed by atoms with Crippen LogP contribution in [-0.2, 0) is 11.2 Å². The van der Waals surface area contributed by atoms with Crippen molar-refractivity contribution >= 4 is 22.9 Å². The summed E-state index contributed by atoms with van der Waals surface area (Å²) in [5.41, 5.74) is 0.831. The van der Waals surface area contributed by atoms with E-state index < -0.39 is 0 Å². The van der Waals surface area contributed by atoms with E-state index in [2.05, 4.69) is 35.1 Å². The van der Waals surface area contributed by atoms with Crippen molar-refractivity contribution in [2.24, 2.45) is 0 Å². The summed E-state index contributed by atoms with van der Waals surface area (Å²) < 4.78 is 0. The molecule has 0 saturated heterocycles. The SMILES string of the molecule is CC(Cc1cccs1)NC(C)C(=O)Nc1ccccc1. The van der Waals surface area contributed by atoms with Crippen molar-refractivity contribution in [3.05, 3.63) is 52.7 Å². The molecular formula is C16H20N2OS. The Labute approximate surface area is 124 Å². The molecule has 1 amide bonds. The number of nitrogens with one attached hydrogen (secondary N) is 2. The molecule has 1 heterocycles. The largest absolute Gasteiger partial charge is 0.325 e. The third-order valence-electron chi connectivity index (χ3n) is 3.06. The number of anilines is 1. The van der Waals surface area contributed by atoms with E-state index in [1.807, 2.05) is 37.3 Å². The molecule has 2 N–H and O–H groups in total. The van der Waals surface area contributed by atoms with Crippen LogP contribution >= 0.6 is 11.3 Å². The molecule has 0 bridgehead atoms. The van der Waals surface area contributed by atoms with Crippen LogP contribution in [0.1, 0.15) is 18.7 Å². The molecule has 0 aliphatic carbocycles. The highest BCUT2D eigenvalue weighted by Gasteiger charge is 2.15. The molecule has 2 unspecified atom stereocenters. The standard InChI is InChI=1S/C16H20N2OS/c1-12(11-15-9-6-10-20-15)17-13(2)16(19)18-14-7-4-3-5-8-14/h3-10,12-13,17H,11H2,1-2H3,(H,18,19). The fourth-order valence-corrected chi connectivity index (χ4v) is 2.90. The highest BCUT2D eigenvalue weighted by molar-refractivity contribution is 7.09. The Bertz CT molecular complexity index is 525. The molecule has 2 atom stereocenters. The van der Waals surface area contributed by atoms with Crippen molar-refractivity contribution in [1.82, 2.24) is 5.32 Å². The van der Waals surface area contributed by atoms with Crippen molar-refractivity contribution in [3.63, 3.8) is 0 Å². The summed E-state index contributed by atoms with van der Waals surface area (Å²) in [6.45, 7) is 4.00. The fourth-order valence-electron chi connectivity index (χ4n) is 2.06. The molecule has 1 aromatic heterocycles. The Morgan fingerprint density at radius 1 is 1.15 bits per heavy atom. The number of amides is 1. The molecule has 2 rings (SSSR count). The van der Waals surface area contributed by atoms with Crippen molar-refractivity contribution in [2.75, 3.05) is 5.32 Å². The summed E-state index contributed by atoms with van der Waals surface area (Å²) in [6, 6.07) is 13.8. The van der Waals surface area contributed by atoms with Crippen LogP contribution in [-0.4, -0.2) is 18.0 Å². The first kappa shape index (κ1) is 14.8. The first-order valence-electron chi connectivity index (χ1n) is 6.79. The van der Waals surface area contributed by atoms with E-state index in [9.17, 15) is 4.79 Å². The smallest absolute Gasteiger partial charge is 0.241 e. The quantitative estimate of drug-likeness (QED) is 0.856. The molecule has 4 heteroatoms. The van der Waals surface area contributed by atoms with Gasteiger partial charge in [0, 0.05) is 16.6 Å².